The second-order valence-electron chi connectivity index (χ2n) is 9.18. The number of rotatable bonds is 3. The van der Waals surface area contributed by atoms with Gasteiger partial charge in [0.05, 0.1) is 0 Å². The van der Waals surface area contributed by atoms with Crippen molar-refractivity contribution in [1.82, 2.24) is 19.8 Å². The maximum atomic E-state index is 4.96. The molecule has 4 fully saturated rings. The molecular weight excluding hydrogens is 340 g/mol. The van der Waals surface area contributed by atoms with Gasteiger partial charge in [-0.1, -0.05) is 35.1 Å². The molecule has 134 valence electrons. The van der Waals surface area contributed by atoms with Gasteiger partial charge in [-0.05, 0) is 74.7 Å². The van der Waals surface area contributed by atoms with Gasteiger partial charge in [0.15, 0.2) is 5.82 Å². The van der Waals surface area contributed by atoms with E-state index in [-0.39, 0.29) is 0 Å². The van der Waals surface area contributed by atoms with Crippen LogP contribution in [0.15, 0.2) is 24.3 Å². The van der Waals surface area contributed by atoms with Crippen LogP contribution < -0.4 is 0 Å². The zero-order valence-corrected chi connectivity index (χ0v) is 16.0. The fourth-order valence-corrected chi connectivity index (χ4v) is 7.53. The molecule has 26 heavy (non-hydrogen) atoms. The average molecular weight is 365 g/mol. The van der Waals surface area contributed by atoms with Gasteiger partial charge in [-0.15, -0.1) is 10.2 Å². The first-order valence-electron chi connectivity index (χ1n) is 9.94. The summed E-state index contributed by atoms with van der Waals surface area (Å²) in [7, 11) is 0. The van der Waals surface area contributed by atoms with Crippen molar-refractivity contribution >= 4 is 16.3 Å². The van der Waals surface area contributed by atoms with Crippen molar-refractivity contribution in [2.45, 2.75) is 51.9 Å². The molecule has 4 aliphatic rings. The Morgan fingerprint density at radius 1 is 1.08 bits per heavy atom. The van der Waals surface area contributed by atoms with Crippen LogP contribution in [0, 0.1) is 30.1 Å². The predicted octanol–water partition coefficient (Wildman–Crippen LogP) is 4.92. The average Bonchev–Trinajstić information content (AvgIpc) is 3.12. The highest BCUT2D eigenvalue weighted by molar-refractivity contribution is 7.16. The molecule has 4 bridgehead atoms. The number of aromatic nitrogens is 4. The lowest BCUT2D eigenvalue weighted by Gasteiger charge is -2.56. The Labute approximate surface area is 157 Å². The van der Waals surface area contributed by atoms with Crippen molar-refractivity contribution in [2.75, 3.05) is 0 Å². The lowest BCUT2D eigenvalue weighted by molar-refractivity contribution is -0.0522. The second-order valence-corrected chi connectivity index (χ2v) is 10.2. The molecule has 5 heteroatoms. The van der Waals surface area contributed by atoms with E-state index in [0.717, 1.165) is 40.5 Å². The lowest BCUT2D eigenvalue weighted by Crippen LogP contribution is -2.47. The molecule has 0 unspecified atom stereocenters. The van der Waals surface area contributed by atoms with Crippen LogP contribution in [0.3, 0.4) is 0 Å². The Morgan fingerprint density at radius 2 is 1.81 bits per heavy atom. The molecule has 1 aromatic carbocycles. The molecule has 0 spiro atoms. The first-order chi connectivity index (χ1) is 12.7. The predicted molar refractivity (Wildman–Crippen MR) is 103 cm³/mol. The monoisotopic (exact) mass is 364 g/mol. The third-order valence-corrected chi connectivity index (χ3v) is 7.90. The van der Waals surface area contributed by atoms with Crippen LogP contribution in [0.1, 0.15) is 49.1 Å². The number of hydrogen-bond donors (Lipinski definition) is 0. The quantitative estimate of drug-likeness (QED) is 0.662. The Morgan fingerprint density at radius 3 is 2.50 bits per heavy atom. The fraction of sp³-hybridized carbons (Fsp3) is 0.571. The molecule has 4 saturated carbocycles. The minimum atomic E-state index is 0.529. The number of fused-ring (bicyclic) bond motifs is 1. The molecule has 0 atom stereocenters. The summed E-state index contributed by atoms with van der Waals surface area (Å²) in [6.07, 6.45) is 9.96. The zero-order chi connectivity index (χ0) is 17.3. The molecule has 0 N–H and O–H groups in total. The largest absolute Gasteiger partial charge is 0.234 e. The Hall–Kier alpha value is -1.75. The van der Waals surface area contributed by atoms with Crippen molar-refractivity contribution in [3.05, 3.63) is 34.8 Å². The van der Waals surface area contributed by atoms with E-state index in [2.05, 4.69) is 41.4 Å². The molecule has 7 rings (SSSR count). The van der Waals surface area contributed by atoms with E-state index in [0.29, 0.717) is 5.41 Å². The molecule has 0 saturated heterocycles. The van der Waals surface area contributed by atoms with Crippen molar-refractivity contribution in [1.29, 1.82) is 0 Å². The summed E-state index contributed by atoms with van der Waals surface area (Å²) in [6, 6.07) is 8.45. The summed E-state index contributed by atoms with van der Waals surface area (Å²) in [4.78, 5) is 0.932. The normalized spacial score (nSPS) is 32.6. The lowest BCUT2D eigenvalue weighted by atomic mass is 9.49. The third kappa shape index (κ3) is 2.36. The van der Waals surface area contributed by atoms with Gasteiger partial charge in [0, 0.05) is 12.0 Å². The minimum absolute atomic E-state index is 0.529. The van der Waals surface area contributed by atoms with E-state index < -0.39 is 0 Å². The van der Waals surface area contributed by atoms with E-state index >= 15 is 0 Å². The maximum Gasteiger partial charge on any atom is 0.234 e. The molecule has 4 aliphatic carbocycles. The van der Waals surface area contributed by atoms with E-state index in [1.165, 1.54) is 49.1 Å². The molecule has 4 nitrogen and oxygen atoms in total. The van der Waals surface area contributed by atoms with Crippen LogP contribution in [-0.4, -0.2) is 19.8 Å². The van der Waals surface area contributed by atoms with E-state index in [1.807, 2.05) is 4.52 Å². The van der Waals surface area contributed by atoms with Crippen LogP contribution >= 0.6 is 11.3 Å². The smallest absolute Gasteiger partial charge is 0.183 e. The molecular formula is C21H24N4S. The van der Waals surface area contributed by atoms with E-state index in [9.17, 15) is 0 Å². The van der Waals surface area contributed by atoms with Crippen LogP contribution in [0.2, 0.25) is 0 Å². The van der Waals surface area contributed by atoms with Gasteiger partial charge in [0.2, 0.25) is 4.96 Å². The summed E-state index contributed by atoms with van der Waals surface area (Å²) < 4.78 is 1.97. The van der Waals surface area contributed by atoms with Gasteiger partial charge in [-0.25, -0.2) is 0 Å². The second kappa shape index (κ2) is 5.38. The number of aryl methyl sites for hydroxylation is 1. The van der Waals surface area contributed by atoms with Gasteiger partial charge in [-0.2, -0.15) is 9.61 Å². The highest BCUT2D eigenvalue weighted by Crippen LogP contribution is 2.61. The third-order valence-electron chi connectivity index (χ3n) is 7.00. The van der Waals surface area contributed by atoms with Gasteiger partial charge in [0.25, 0.3) is 0 Å². The van der Waals surface area contributed by atoms with Gasteiger partial charge < -0.3 is 0 Å². The van der Waals surface area contributed by atoms with Crippen molar-refractivity contribution in [3.63, 3.8) is 0 Å². The summed E-state index contributed by atoms with van der Waals surface area (Å²) >= 11 is 1.74. The number of benzene rings is 1. The Balaban J connectivity index is 1.34. The van der Waals surface area contributed by atoms with Crippen LogP contribution in [0.5, 0.6) is 0 Å². The Bertz CT molecular complexity index is 950. The van der Waals surface area contributed by atoms with Crippen molar-refractivity contribution in [2.24, 2.45) is 23.2 Å². The standard InChI is InChI=1S/C21H24N4S/c1-13-3-2-4-17(5-13)19-22-23-20-25(19)24-18(26-20)12-21-9-14-6-15(10-21)8-16(7-14)11-21/h2-5,14-16H,6-12H2,1H3. The van der Waals surface area contributed by atoms with Gasteiger partial charge in [0.1, 0.15) is 5.01 Å². The molecule has 3 aromatic rings. The molecule has 2 heterocycles. The first kappa shape index (κ1) is 15.3. The minimum Gasteiger partial charge on any atom is -0.183 e. The van der Waals surface area contributed by atoms with E-state index in [1.54, 1.807) is 11.3 Å². The highest BCUT2D eigenvalue weighted by atomic mass is 32.1. The number of hydrogen-bond acceptors (Lipinski definition) is 4. The first-order valence-corrected chi connectivity index (χ1v) is 10.8. The van der Waals surface area contributed by atoms with Crippen LogP contribution in [-0.2, 0) is 6.42 Å². The van der Waals surface area contributed by atoms with Crippen molar-refractivity contribution < 1.29 is 0 Å². The van der Waals surface area contributed by atoms with Gasteiger partial charge in [-0.3, -0.25) is 0 Å². The highest BCUT2D eigenvalue weighted by Gasteiger charge is 2.51. The van der Waals surface area contributed by atoms with Crippen LogP contribution in [0.4, 0.5) is 0 Å². The maximum absolute atomic E-state index is 4.96. The number of nitrogens with zero attached hydrogens (tertiary/aromatic N) is 4. The van der Waals surface area contributed by atoms with E-state index in [4.69, 9.17) is 5.10 Å². The van der Waals surface area contributed by atoms with Crippen LogP contribution in [0.25, 0.3) is 16.3 Å². The zero-order valence-electron chi connectivity index (χ0n) is 15.2. The molecule has 0 amide bonds. The van der Waals surface area contributed by atoms with Crippen molar-refractivity contribution in [3.8, 4) is 11.4 Å². The SMILES string of the molecule is Cc1cccc(-c2nnc3sc(CC45CC6CC(CC(C6)C4)C5)nn23)c1. The van der Waals surface area contributed by atoms with Gasteiger partial charge >= 0.3 is 0 Å². The summed E-state index contributed by atoms with van der Waals surface area (Å²) in [5, 5.41) is 15.0. The summed E-state index contributed by atoms with van der Waals surface area (Å²) in [5.41, 5.74) is 2.87. The summed E-state index contributed by atoms with van der Waals surface area (Å²) in [5.74, 6) is 3.86. The molecule has 2 aromatic heterocycles. The summed E-state index contributed by atoms with van der Waals surface area (Å²) in [6.45, 7) is 2.11. The molecule has 0 aliphatic heterocycles. The fourth-order valence-electron chi connectivity index (χ4n) is 6.52. The molecule has 0 radical (unpaired) electrons. The Kier molecular flexibility index (Phi) is 3.17. The topological polar surface area (TPSA) is 43.1 Å².